The summed E-state index contributed by atoms with van der Waals surface area (Å²) in [4.78, 5) is 30.0. The Bertz CT molecular complexity index is 1780. The van der Waals surface area contributed by atoms with Crippen LogP contribution in [0.25, 0.3) is 38.8 Å². The third kappa shape index (κ3) is 3.69. The number of para-hydroxylation sites is 1. The highest BCUT2D eigenvalue weighted by Gasteiger charge is 2.20. The minimum absolute atomic E-state index is 0.184. The fourth-order valence-corrected chi connectivity index (χ4v) is 4.59. The Balaban J connectivity index is 1.58. The zero-order valence-corrected chi connectivity index (χ0v) is 19.3. The highest BCUT2D eigenvalue weighted by atomic mass is 19.1. The molecular weight excluding hydrogens is 455 g/mol. The standard InChI is InChI=1S/C28H21FN6O/c1-17(34-27-25-26(31-15-30-25)32-16-33-27)23-14-19-8-6-12-22(18-7-5-9-20(29)13-18)24(19)28(36)35(23)21-10-3-2-4-11-21/h2-17H,1H3,(H2,30,31,32,33,34). The van der Waals surface area contributed by atoms with Gasteiger partial charge >= 0.3 is 0 Å². The normalized spacial score (nSPS) is 12.2. The average molecular weight is 477 g/mol. The van der Waals surface area contributed by atoms with E-state index in [2.05, 4.69) is 25.3 Å². The van der Waals surface area contributed by atoms with Crippen LogP contribution in [0.2, 0.25) is 0 Å². The Morgan fingerprint density at radius 2 is 1.78 bits per heavy atom. The molecule has 6 aromatic rings. The van der Waals surface area contributed by atoms with E-state index in [1.54, 1.807) is 17.0 Å². The monoisotopic (exact) mass is 476 g/mol. The number of rotatable bonds is 5. The molecule has 0 spiro atoms. The fourth-order valence-electron chi connectivity index (χ4n) is 4.59. The molecule has 176 valence electrons. The summed E-state index contributed by atoms with van der Waals surface area (Å²) in [6.45, 7) is 1.97. The van der Waals surface area contributed by atoms with Crippen LogP contribution >= 0.6 is 0 Å². The van der Waals surface area contributed by atoms with Crippen molar-refractivity contribution in [3.05, 3.63) is 113 Å². The van der Waals surface area contributed by atoms with Gasteiger partial charge in [-0.2, -0.15) is 0 Å². The van der Waals surface area contributed by atoms with Crippen LogP contribution in [-0.2, 0) is 0 Å². The minimum Gasteiger partial charge on any atom is -0.360 e. The molecule has 0 amide bonds. The highest BCUT2D eigenvalue weighted by molar-refractivity contribution is 5.96. The van der Waals surface area contributed by atoms with Crippen LogP contribution in [0.4, 0.5) is 10.2 Å². The first-order valence-corrected chi connectivity index (χ1v) is 11.5. The van der Waals surface area contributed by atoms with Crippen LogP contribution < -0.4 is 10.9 Å². The van der Waals surface area contributed by atoms with Crippen molar-refractivity contribution in [2.24, 2.45) is 0 Å². The molecule has 0 aliphatic carbocycles. The molecule has 0 bridgehead atoms. The SMILES string of the molecule is CC(Nc1ncnc2nc[nH]c12)c1cc2cccc(-c3cccc(F)c3)c2c(=O)n1-c1ccccc1. The number of anilines is 1. The number of imidazole rings is 1. The van der Waals surface area contributed by atoms with E-state index < -0.39 is 0 Å². The van der Waals surface area contributed by atoms with Gasteiger partial charge in [-0.1, -0.05) is 48.5 Å². The maximum absolute atomic E-state index is 14.2. The van der Waals surface area contributed by atoms with Crippen LogP contribution in [0, 0.1) is 5.82 Å². The van der Waals surface area contributed by atoms with Gasteiger partial charge in [0.1, 0.15) is 17.7 Å². The first-order valence-electron chi connectivity index (χ1n) is 11.5. The molecule has 0 aliphatic rings. The third-order valence-corrected chi connectivity index (χ3v) is 6.25. The van der Waals surface area contributed by atoms with Crippen LogP contribution in [0.5, 0.6) is 0 Å². The van der Waals surface area contributed by atoms with Crippen LogP contribution in [0.1, 0.15) is 18.7 Å². The zero-order valence-electron chi connectivity index (χ0n) is 19.3. The van der Waals surface area contributed by atoms with E-state index in [1.165, 1.54) is 18.5 Å². The Morgan fingerprint density at radius 3 is 2.61 bits per heavy atom. The predicted octanol–water partition coefficient (Wildman–Crippen LogP) is 5.64. The van der Waals surface area contributed by atoms with Crippen molar-refractivity contribution < 1.29 is 4.39 Å². The second-order valence-corrected chi connectivity index (χ2v) is 8.51. The largest absolute Gasteiger partial charge is 0.360 e. The van der Waals surface area contributed by atoms with Crippen molar-refractivity contribution in [2.45, 2.75) is 13.0 Å². The van der Waals surface area contributed by atoms with Gasteiger partial charge in [0, 0.05) is 11.4 Å². The van der Waals surface area contributed by atoms with Gasteiger partial charge in [0.25, 0.3) is 5.56 Å². The number of aromatic nitrogens is 5. The summed E-state index contributed by atoms with van der Waals surface area (Å²) in [5, 5.41) is 4.71. The number of nitrogens with zero attached hydrogens (tertiary/aromatic N) is 4. The maximum Gasteiger partial charge on any atom is 0.263 e. The van der Waals surface area contributed by atoms with Crippen molar-refractivity contribution in [3.63, 3.8) is 0 Å². The lowest BCUT2D eigenvalue weighted by Gasteiger charge is -2.22. The van der Waals surface area contributed by atoms with E-state index in [-0.39, 0.29) is 17.4 Å². The molecular formula is C28H21FN6O. The molecule has 36 heavy (non-hydrogen) atoms. The molecule has 0 radical (unpaired) electrons. The Kier molecular flexibility index (Phi) is 5.26. The average Bonchev–Trinajstić information content (AvgIpc) is 3.39. The van der Waals surface area contributed by atoms with E-state index in [0.29, 0.717) is 33.5 Å². The lowest BCUT2D eigenvalue weighted by molar-refractivity contribution is 0.628. The quantitative estimate of drug-likeness (QED) is 0.336. The number of pyridine rings is 1. The van der Waals surface area contributed by atoms with Gasteiger partial charge < -0.3 is 10.3 Å². The van der Waals surface area contributed by atoms with Crippen molar-refractivity contribution in [2.75, 3.05) is 5.32 Å². The summed E-state index contributed by atoms with van der Waals surface area (Å²) in [5.74, 6) is 0.239. The van der Waals surface area contributed by atoms with Crippen LogP contribution in [0.3, 0.4) is 0 Å². The number of benzene rings is 3. The van der Waals surface area contributed by atoms with E-state index in [9.17, 15) is 9.18 Å². The van der Waals surface area contributed by atoms with Crippen LogP contribution in [0.15, 0.2) is 96.3 Å². The van der Waals surface area contributed by atoms with Gasteiger partial charge in [0.05, 0.1) is 17.8 Å². The van der Waals surface area contributed by atoms with Gasteiger partial charge in [-0.25, -0.2) is 19.3 Å². The fraction of sp³-hybridized carbons (Fsp3) is 0.0714. The third-order valence-electron chi connectivity index (χ3n) is 6.25. The Hall–Kier alpha value is -4.85. The molecule has 7 nitrogen and oxygen atoms in total. The number of fused-ring (bicyclic) bond motifs is 2. The Morgan fingerprint density at radius 1 is 0.944 bits per heavy atom. The smallest absolute Gasteiger partial charge is 0.263 e. The summed E-state index contributed by atoms with van der Waals surface area (Å²) in [7, 11) is 0. The highest BCUT2D eigenvalue weighted by Crippen LogP contribution is 2.30. The van der Waals surface area contributed by atoms with E-state index in [4.69, 9.17) is 0 Å². The number of hydrogen-bond donors (Lipinski definition) is 2. The molecule has 0 saturated carbocycles. The van der Waals surface area contributed by atoms with E-state index in [0.717, 1.165) is 16.8 Å². The maximum atomic E-state index is 14.2. The second-order valence-electron chi connectivity index (χ2n) is 8.51. The van der Waals surface area contributed by atoms with Crippen LogP contribution in [-0.4, -0.2) is 24.5 Å². The molecule has 0 fully saturated rings. The molecule has 0 saturated heterocycles. The first-order chi connectivity index (χ1) is 17.6. The van der Waals surface area contributed by atoms with Crippen molar-refractivity contribution in [1.29, 1.82) is 0 Å². The molecule has 2 N–H and O–H groups in total. The lowest BCUT2D eigenvalue weighted by Crippen LogP contribution is -2.26. The summed E-state index contributed by atoms with van der Waals surface area (Å²) in [6, 6.07) is 23.1. The number of H-pyrrole nitrogens is 1. The molecule has 3 aromatic heterocycles. The molecule has 1 unspecified atom stereocenters. The molecule has 1 atom stereocenters. The minimum atomic E-state index is -0.350. The summed E-state index contributed by atoms with van der Waals surface area (Å²) in [5.41, 5.74) is 3.88. The zero-order chi connectivity index (χ0) is 24.6. The second kappa shape index (κ2) is 8.74. The van der Waals surface area contributed by atoms with E-state index >= 15 is 0 Å². The predicted molar refractivity (Wildman–Crippen MR) is 139 cm³/mol. The number of nitrogens with one attached hydrogen (secondary N) is 2. The Labute approximate surface area is 205 Å². The number of hydrogen-bond acceptors (Lipinski definition) is 5. The summed E-state index contributed by atoms with van der Waals surface area (Å²) < 4.78 is 15.8. The topological polar surface area (TPSA) is 88.5 Å². The molecule has 8 heteroatoms. The number of halogens is 1. The summed E-state index contributed by atoms with van der Waals surface area (Å²) in [6.07, 6.45) is 3.02. The first kappa shape index (κ1) is 21.7. The molecule has 6 rings (SSSR count). The molecule has 0 aliphatic heterocycles. The van der Waals surface area contributed by atoms with Gasteiger partial charge in [0.15, 0.2) is 11.5 Å². The van der Waals surface area contributed by atoms with Crippen molar-refractivity contribution >= 4 is 27.8 Å². The number of aromatic amines is 1. The lowest BCUT2D eigenvalue weighted by atomic mass is 9.97. The van der Waals surface area contributed by atoms with Crippen molar-refractivity contribution in [3.8, 4) is 16.8 Å². The van der Waals surface area contributed by atoms with Gasteiger partial charge in [-0.3, -0.25) is 9.36 Å². The molecule has 3 aromatic carbocycles. The van der Waals surface area contributed by atoms with Gasteiger partial charge in [-0.05, 0) is 53.8 Å². The van der Waals surface area contributed by atoms with Gasteiger partial charge in [-0.15, -0.1) is 0 Å². The summed E-state index contributed by atoms with van der Waals surface area (Å²) >= 11 is 0. The van der Waals surface area contributed by atoms with Crippen molar-refractivity contribution in [1.82, 2.24) is 24.5 Å². The van der Waals surface area contributed by atoms with E-state index in [1.807, 2.05) is 67.6 Å². The van der Waals surface area contributed by atoms with Gasteiger partial charge in [0.2, 0.25) is 0 Å². The molecule has 3 heterocycles.